The summed E-state index contributed by atoms with van der Waals surface area (Å²) >= 11 is 0. The van der Waals surface area contributed by atoms with Crippen molar-refractivity contribution >= 4 is 5.97 Å². The van der Waals surface area contributed by atoms with Gasteiger partial charge in [-0.2, -0.15) is 0 Å². The molecule has 1 atom stereocenters. The quantitative estimate of drug-likeness (QED) is 0.758. The number of carboxylic acids is 1. The second-order valence-electron chi connectivity index (χ2n) is 5.53. The van der Waals surface area contributed by atoms with E-state index in [0.717, 1.165) is 18.3 Å². The van der Waals surface area contributed by atoms with Crippen LogP contribution in [0.5, 0.6) is 0 Å². The van der Waals surface area contributed by atoms with Crippen LogP contribution in [-0.4, -0.2) is 17.6 Å². The van der Waals surface area contributed by atoms with Gasteiger partial charge in [0.15, 0.2) is 0 Å². The smallest absolute Gasteiger partial charge is 0.307 e. The van der Waals surface area contributed by atoms with Gasteiger partial charge in [-0.25, -0.2) is 0 Å². The summed E-state index contributed by atoms with van der Waals surface area (Å²) in [4.78, 5) is 10.9. The van der Waals surface area contributed by atoms with Crippen LogP contribution in [0.2, 0.25) is 0 Å². The van der Waals surface area contributed by atoms with Crippen LogP contribution in [0.1, 0.15) is 46.0 Å². The number of hydrogen-bond donors (Lipinski definition) is 2. The SMILES string of the molecule is CC(C)C1CCC(CC(CN)C(=O)O)CC1. The third-order valence-corrected chi connectivity index (χ3v) is 4.09. The number of nitrogens with two attached hydrogens (primary N) is 1. The standard InChI is InChI=1S/C13H25NO2/c1-9(2)11-5-3-10(4-6-11)7-12(8-14)13(15)16/h9-12H,3-8,14H2,1-2H3,(H,15,16). The Kier molecular flexibility index (Phi) is 5.26. The molecule has 0 aromatic heterocycles. The minimum Gasteiger partial charge on any atom is -0.481 e. The Morgan fingerprint density at radius 1 is 1.31 bits per heavy atom. The third-order valence-electron chi connectivity index (χ3n) is 4.09. The van der Waals surface area contributed by atoms with E-state index >= 15 is 0 Å². The molecule has 0 aromatic carbocycles. The molecule has 16 heavy (non-hydrogen) atoms. The zero-order valence-electron chi connectivity index (χ0n) is 10.5. The molecule has 3 heteroatoms. The fourth-order valence-corrected chi connectivity index (χ4v) is 2.79. The molecule has 3 N–H and O–H groups in total. The van der Waals surface area contributed by atoms with Crippen molar-refractivity contribution in [1.29, 1.82) is 0 Å². The average molecular weight is 227 g/mol. The molecule has 1 aliphatic carbocycles. The van der Waals surface area contributed by atoms with Crippen LogP contribution < -0.4 is 5.73 Å². The third kappa shape index (κ3) is 3.78. The molecule has 94 valence electrons. The molecule has 0 spiro atoms. The molecule has 1 aliphatic rings. The number of hydrogen-bond acceptors (Lipinski definition) is 2. The van der Waals surface area contributed by atoms with E-state index in [0.29, 0.717) is 5.92 Å². The van der Waals surface area contributed by atoms with E-state index in [1.54, 1.807) is 0 Å². The van der Waals surface area contributed by atoms with Crippen LogP contribution in [-0.2, 0) is 4.79 Å². The van der Waals surface area contributed by atoms with Crippen LogP contribution in [0.15, 0.2) is 0 Å². The lowest BCUT2D eigenvalue weighted by atomic mass is 9.74. The molecule has 3 nitrogen and oxygen atoms in total. The molecule has 0 aromatic rings. The van der Waals surface area contributed by atoms with Gasteiger partial charge < -0.3 is 10.8 Å². The Bertz CT molecular complexity index is 220. The highest BCUT2D eigenvalue weighted by molar-refractivity contribution is 5.70. The van der Waals surface area contributed by atoms with Crippen molar-refractivity contribution in [3.8, 4) is 0 Å². The summed E-state index contributed by atoms with van der Waals surface area (Å²) in [5, 5.41) is 8.96. The van der Waals surface area contributed by atoms with Gasteiger partial charge in [0.05, 0.1) is 5.92 Å². The summed E-state index contributed by atoms with van der Waals surface area (Å²) in [5.74, 6) is 1.14. The number of carbonyl (C=O) groups is 1. The van der Waals surface area contributed by atoms with Gasteiger partial charge in [-0.3, -0.25) is 4.79 Å². The van der Waals surface area contributed by atoms with Crippen molar-refractivity contribution in [1.82, 2.24) is 0 Å². The minimum atomic E-state index is -0.728. The average Bonchev–Trinajstić information content (AvgIpc) is 2.26. The number of aliphatic carboxylic acids is 1. The van der Waals surface area contributed by atoms with Gasteiger partial charge in [0.2, 0.25) is 0 Å². The highest BCUT2D eigenvalue weighted by atomic mass is 16.4. The fourth-order valence-electron chi connectivity index (χ4n) is 2.79. The van der Waals surface area contributed by atoms with Gasteiger partial charge in [-0.15, -0.1) is 0 Å². The molecular formula is C13H25NO2. The van der Waals surface area contributed by atoms with Crippen LogP contribution in [0, 0.1) is 23.7 Å². The van der Waals surface area contributed by atoms with Gasteiger partial charge in [0.1, 0.15) is 0 Å². The largest absolute Gasteiger partial charge is 0.481 e. The predicted molar refractivity (Wildman–Crippen MR) is 65.1 cm³/mol. The fraction of sp³-hybridized carbons (Fsp3) is 0.923. The minimum absolute atomic E-state index is 0.277. The monoisotopic (exact) mass is 227 g/mol. The Hall–Kier alpha value is -0.570. The lowest BCUT2D eigenvalue weighted by molar-refractivity contribution is -0.142. The van der Waals surface area contributed by atoms with E-state index in [-0.39, 0.29) is 12.5 Å². The van der Waals surface area contributed by atoms with Gasteiger partial charge in [0.25, 0.3) is 0 Å². The summed E-state index contributed by atoms with van der Waals surface area (Å²) in [5.41, 5.74) is 5.49. The first-order valence-corrected chi connectivity index (χ1v) is 6.47. The molecule has 1 rings (SSSR count). The van der Waals surface area contributed by atoms with Crippen molar-refractivity contribution in [2.75, 3.05) is 6.54 Å². The van der Waals surface area contributed by atoms with E-state index in [2.05, 4.69) is 13.8 Å². The maximum absolute atomic E-state index is 10.9. The summed E-state index contributed by atoms with van der Waals surface area (Å²) < 4.78 is 0. The molecular weight excluding hydrogens is 202 g/mol. The second-order valence-corrected chi connectivity index (χ2v) is 5.53. The lowest BCUT2D eigenvalue weighted by Crippen LogP contribution is -2.28. The molecule has 1 fully saturated rings. The summed E-state index contributed by atoms with van der Waals surface area (Å²) in [6.45, 7) is 4.84. The van der Waals surface area contributed by atoms with E-state index in [4.69, 9.17) is 10.8 Å². The van der Waals surface area contributed by atoms with Crippen molar-refractivity contribution < 1.29 is 9.90 Å². The molecule has 0 saturated heterocycles. The first-order chi connectivity index (χ1) is 7.54. The summed E-state index contributed by atoms with van der Waals surface area (Å²) in [6, 6.07) is 0. The van der Waals surface area contributed by atoms with Crippen LogP contribution in [0.4, 0.5) is 0 Å². The van der Waals surface area contributed by atoms with Crippen molar-refractivity contribution in [3.05, 3.63) is 0 Å². The Labute approximate surface area is 98.4 Å². The normalized spacial score (nSPS) is 28.0. The molecule has 1 saturated carbocycles. The molecule has 0 radical (unpaired) electrons. The maximum atomic E-state index is 10.9. The first kappa shape index (κ1) is 13.5. The number of carboxylic acid groups (broad SMARTS) is 1. The van der Waals surface area contributed by atoms with E-state index in [9.17, 15) is 4.79 Å². The molecule has 0 amide bonds. The maximum Gasteiger partial charge on any atom is 0.307 e. The van der Waals surface area contributed by atoms with Gasteiger partial charge in [-0.1, -0.05) is 26.7 Å². The molecule has 1 unspecified atom stereocenters. The first-order valence-electron chi connectivity index (χ1n) is 6.47. The van der Waals surface area contributed by atoms with E-state index in [1.165, 1.54) is 25.7 Å². The molecule has 0 bridgehead atoms. The van der Waals surface area contributed by atoms with Gasteiger partial charge >= 0.3 is 5.97 Å². The van der Waals surface area contributed by atoms with Crippen LogP contribution in [0.3, 0.4) is 0 Å². The van der Waals surface area contributed by atoms with Gasteiger partial charge in [-0.05, 0) is 37.0 Å². The van der Waals surface area contributed by atoms with Gasteiger partial charge in [0, 0.05) is 6.54 Å². The van der Waals surface area contributed by atoms with Crippen LogP contribution >= 0.6 is 0 Å². The topological polar surface area (TPSA) is 63.3 Å². The zero-order valence-corrected chi connectivity index (χ0v) is 10.5. The second kappa shape index (κ2) is 6.24. The summed E-state index contributed by atoms with van der Waals surface area (Å²) in [7, 11) is 0. The predicted octanol–water partition coefficient (Wildman–Crippen LogP) is 2.50. The van der Waals surface area contributed by atoms with Crippen molar-refractivity contribution in [2.45, 2.75) is 46.0 Å². The zero-order chi connectivity index (χ0) is 12.1. The highest BCUT2D eigenvalue weighted by Crippen LogP contribution is 2.35. The Balaban J connectivity index is 2.34. The Morgan fingerprint density at radius 2 is 1.88 bits per heavy atom. The number of rotatable bonds is 5. The molecule has 0 heterocycles. The Morgan fingerprint density at radius 3 is 2.25 bits per heavy atom. The lowest BCUT2D eigenvalue weighted by Gasteiger charge is -2.31. The van der Waals surface area contributed by atoms with E-state index in [1.807, 2.05) is 0 Å². The van der Waals surface area contributed by atoms with Crippen molar-refractivity contribution in [3.63, 3.8) is 0 Å². The van der Waals surface area contributed by atoms with E-state index < -0.39 is 5.97 Å². The van der Waals surface area contributed by atoms with Crippen LogP contribution in [0.25, 0.3) is 0 Å². The molecule has 0 aliphatic heterocycles. The van der Waals surface area contributed by atoms with Crippen molar-refractivity contribution in [2.24, 2.45) is 29.4 Å². The highest BCUT2D eigenvalue weighted by Gasteiger charge is 2.27. The summed E-state index contributed by atoms with van der Waals surface area (Å²) in [6.07, 6.45) is 5.67.